The van der Waals surface area contributed by atoms with Gasteiger partial charge in [0, 0.05) is 0 Å². The summed E-state index contributed by atoms with van der Waals surface area (Å²) in [5.74, 6) is -3.09. The van der Waals surface area contributed by atoms with E-state index in [2.05, 4.69) is 16.7 Å². The molecular formula is C16H30N2O6. The van der Waals surface area contributed by atoms with Crippen LogP contribution in [0, 0.1) is 11.3 Å². The Morgan fingerprint density at radius 2 is 1.71 bits per heavy atom. The van der Waals surface area contributed by atoms with Crippen LogP contribution in [0.4, 0.5) is 0 Å². The van der Waals surface area contributed by atoms with E-state index in [-0.39, 0.29) is 5.41 Å². The van der Waals surface area contributed by atoms with Gasteiger partial charge in [-0.05, 0) is 18.3 Å². The first kappa shape index (κ1) is 22.3. The first-order valence-corrected chi connectivity index (χ1v) is 8.20. The lowest BCUT2D eigenvalue weighted by Crippen LogP contribution is -2.44. The number of carbonyl (C=O) groups excluding carboxylic acids is 3. The van der Waals surface area contributed by atoms with Gasteiger partial charge < -0.3 is 16.2 Å². The molecular weight excluding hydrogens is 316 g/mol. The topological polar surface area (TPSA) is 128 Å². The van der Waals surface area contributed by atoms with Gasteiger partial charge in [-0.3, -0.25) is 4.79 Å². The van der Waals surface area contributed by atoms with Gasteiger partial charge >= 0.3 is 11.9 Å². The number of unbranched alkanes of at least 4 members (excludes halogenated alkanes) is 2. The molecule has 0 saturated carbocycles. The lowest BCUT2D eigenvalue weighted by Gasteiger charge is -2.24. The van der Waals surface area contributed by atoms with Crippen molar-refractivity contribution in [2.45, 2.75) is 66.0 Å². The molecule has 0 aliphatic rings. The summed E-state index contributed by atoms with van der Waals surface area (Å²) in [6, 6.07) is 0. The van der Waals surface area contributed by atoms with Crippen molar-refractivity contribution in [3.8, 4) is 0 Å². The Balaban J connectivity index is 4.52. The standard InChI is InChI=1S/C16H30N2O6/c1-5-6-7-8-11(9-16(2,3)4)14(21)23-24-15(22)13(20)18-12(19)10-17/h11,13,20H,5-10,17H2,1-4H3,(H,18,19). The van der Waals surface area contributed by atoms with Crippen LogP contribution in [-0.4, -0.2) is 35.7 Å². The monoisotopic (exact) mass is 346 g/mol. The smallest absolute Gasteiger partial charge is 0.364 e. The molecule has 8 heteroatoms. The fraction of sp³-hybridized carbons (Fsp3) is 0.812. The number of rotatable bonds is 9. The summed E-state index contributed by atoms with van der Waals surface area (Å²) < 4.78 is 0. The minimum atomic E-state index is -1.94. The van der Waals surface area contributed by atoms with E-state index >= 15 is 0 Å². The zero-order valence-electron chi connectivity index (χ0n) is 15.0. The van der Waals surface area contributed by atoms with Gasteiger partial charge in [-0.2, -0.15) is 0 Å². The molecule has 0 heterocycles. The van der Waals surface area contributed by atoms with Crippen LogP contribution >= 0.6 is 0 Å². The molecule has 140 valence electrons. The molecule has 0 spiro atoms. The molecule has 1 amide bonds. The second-order valence-corrected chi connectivity index (χ2v) is 6.94. The molecule has 0 aromatic carbocycles. The van der Waals surface area contributed by atoms with Crippen molar-refractivity contribution < 1.29 is 29.3 Å². The summed E-state index contributed by atoms with van der Waals surface area (Å²) in [4.78, 5) is 43.4. The molecule has 2 unspecified atom stereocenters. The van der Waals surface area contributed by atoms with Gasteiger partial charge in [0.2, 0.25) is 12.1 Å². The number of amides is 1. The summed E-state index contributed by atoms with van der Waals surface area (Å²) >= 11 is 0. The second kappa shape index (κ2) is 11.0. The molecule has 0 aliphatic carbocycles. The van der Waals surface area contributed by atoms with Crippen molar-refractivity contribution in [1.82, 2.24) is 5.32 Å². The summed E-state index contributed by atoms with van der Waals surface area (Å²) in [5, 5.41) is 11.3. The Bertz CT molecular complexity index is 419. The summed E-state index contributed by atoms with van der Waals surface area (Å²) in [7, 11) is 0. The first-order valence-electron chi connectivity index (χ1n) is 8.20. The molecule has 0 aromatic heterocycles. The van der Waals surface area contributed by atoms with Crippen molar-refractivity contribution in [3.05, 3.63) is 0 Å². The van der Waals surface area contributed by atoms with Crippen molar-refractivity contribution >= 4 is 17.8 Å². The molecule has 0 saturated heterocycles. The van der Waals surface area contributed by atoms with Crippen molar-refractivity contribution in [3.63, 3.8) is 0 Å². The van der Waals surface area contributed by atoms with Crippen LogP contribution in [0.25, 0.3) is 0 Å². The maximum Gasteiger partial charge on any atom is 0.404 e. The Morgan fingerprint density at radius 3 is 2.21 bits per heavy atom. The minimum Gasteiger partial charge on any atom is -0.364 e. The Kier molecular flexibility index (Phi) is 10.2. The fourth-order valence-corrected chi connectivity index (χ4v) is 2.15. The van der Waals surface area contributed by atoms with E-state index in [1.807, 2.05) is 26.1 Å². The fourth-order valence-electron chi connectivity index (χ4n) is 2.15. The third-order valence-corrected chi connectivity index (χ3v) is 3.26. The highest BCUT2D eigenvalue weighted by molar-refractivity contribution is 5.84. The summed E-state index contributed by atoms with van der Waals surface area (Å²) in [6.45, 7) is 7.69. The van der Waals surface area contributed by atoms with E-state index in [9.17, 15) is 19.5 Å². The normalized spacial score (nSPS) is 13.8. The molecule has 0 radical (unpaired) electrons. The molecule has 0 rings (SSSR count). The van der Waals surface area contributed by atoms with Gasteiger partial charge in [-0.1, -0.05) is 47.0 Å². The van der Waals surface area contributed by atoms with Gasteiger partial charge in [0.05, 0.1) is 12.5 Å². The third-order valence-electron chi connectivity index (χ3n) is 3.26. The number of carbonyl (C=O) groups is 3. The van der Waals surface area contributed by atoms with Crippen molar-refractivity contribution in [2.75, 3.05) is 6.54 Å². The molecule has 2 atom stereocenters. The molecule has 4 N–H and O–H groups in total. The van der Waals surface area contributed by atoms with Crippen LogP contribution in [0.1, 0.15) is 59.8 Å². The second-order valence-electron chi connectivity index (χ2n) is 6.94. The van der Waals surface area contributed by atoms with E-state index in [1.54, 1.807) is 0 Å². The van der Waals surface area contributed by atoms with Crippen LogP contribution in [0.15, 0.2) is 0 Å². The van der Waals surface area contributed by atoms with Crippen LogP contribution in [0.2, 0.25) is 0 Å². The van der Waals surface area contributed by atoms with E-state index < -0.39 is 36.5 Å². The average molecular weight is 346 g/mol. The van der Waals surface area contributed by atoms with Crippen LogP contribution < -0.4 is 11.1 Å². The highest BCUT2D eigenvalue weighted by Gasteiger charge is 2.29. The summed E-state index contributed by atoms with van der Waals surface area (Å²) in [5.41, 5.74) is 4.95. The Labute approximate surface area is 143 Å². The lowest BCUT2D eigenvalue weighted by molar-refractivity contribution is -0.268. The van der Waals surface area contributed by atoms with Gasteiger partial charge in [0.15, 0.2) is 0 Å². The lowest BCUT2D eigenvalue weighted by atomic mass is 9.82. The molecule has 24 heavy (non-hydrogen) atoms. The summed E-state index contributed by atoms with van der Waals surface area (Å²) in [6.07, 6.45) is 2.18. The van der Waals surface area contributed by atoms with Gasteiger partial charge in [0.1, 0.15) is 0 Å². The number of hydrogen-bond acceptors (Lipinski definition) is 7. The maximum absolute atomic E-state index is 12.1. The Morgan fingerprint density at radius 1 is 1.12 bits per heavy atom. The average Bonchev–Trinajstić information content (AvgIpc) is 2.49. The molecule has 0 bridgehead atoms. The van der Waals surface area contributed by atoms with E-state index in [1.165, 1.54) is 0 Å². The van der Waals surface area contributed by atoms with Crippen molar-refractivity contribution in [1.29, 1.82) is 0 Å². The van der Waals surface area contributed by atoms with E-state index in [0.717, 1.165) is 19.3 Å². The molecule has 0 aliphatic heterocycles. The maximum atomic E-state index is 12.1. The predicted octanol–water partition coefficient (Wildman–Crippen LogP) is 1.01. The number of aliphatic hydroxyl groups is 1. The highest BCUT2D eigenvalue weighted by Crippen LogP contribution is 2.28. The van der Waals surface area contributed by atoms with E-state index in [4.69, 9.17) is 5.73 Å². The number of nitrogens with two attached hydrogens (primary N) is 1. The molecule has 0 fully saturated rings. The minimum absolute atomic E-state index is 0.0888. The third kappa shape index (κ3) is 10.2. The zero-order valence-corrected chi connectivity index (χ0v) is 15.0. The van der Waals surface area contributed by atoms with E-state index in [0.29, 0.717) is 12.8 Å². The van der Waals surface area contributed by atoms with Crippen molar-refractivity contribution in [2.24, 2.45) is 17.1 Å². The van der Waals surface area contributed by atoms with Gasteiger partial charge in [-0.25, -0.2) is 19.4 Å². The van der Waals surface area contributed by atoms with Crippen LogP contribution in [0.3, 0.4) is 0 Å². The van der Waals surface area contributed by atoms with Crippen LogP contribution in [0.5, 0.6) is 0 Å². The molecule has 8 nitrogen and oxygen atoms in total. The SMILES string of the molecule is CCCCCC(CC(C)(C)C)C(=O)OOC(=O)C(O)NC(=O)CN. The quantitative estimate of drug-likeness (QED) is 0.246. The highest BCUT2D eigenvalue weighted by atomic mass is 17.2. The van der Waals surface area contributed by atoms with Gasteiger partial charge in [0.25, 0.3) is 0 Å². The number of hydrogen-bond donors (Lipinski definition) is 3. The predicted molar refractivity (Wildman–Crippen MR) is 87.1 cm³/mol. The number of aliphatic hydroxyl groups excluding tert-OH is 1. The molecule has 0 aromatic rings. The largest absolute Gasteiger partial charge is 0.404 e. The zero-order chi connectivity index (χ0) is 18.8. The Hall–Kier alpha value is -1.67. The first-order chi connectivity index (χ1) is 11.1. The van der Waals surface area contributed by atoms with Crippen LogP contribution in [-0.2, 0) is 24.2 Å². The number of nitrogens with one attached hydrogen (secondary N) is 1. The van der Waals surface area contributed by atoms with Gasteiger partial charge in [-0.15, -0.1) is 0 Å².